The number of nitrogens with one attached hydrogen (secondary N) is 2. The van der Waals surface area contributed by atoms with Crippen LogP contribution in [0, 0.1) is 0 Å². The Kier molecular flexibility index (Phi) is 6.41. The molecular formula is C22H20N2O4S. The lowest BCUT2D eigenvalue weighted by atomic mass is 10.1. The first kappa shape index (κ1) is 20.3. The van der Waals surface area contributed by atoms with Crippen LogP contribution < -0.4 is 10.6 Å². The van der Waals surface area contributed by atoms with Gasteiger partial charge >= 0.3 is 5.97 Å². The van der Waals surface area contributed by atoms with Crippen LogP contribution in [-0.4, -0.2) is 22.1 Å². The maximum atomic E-state index is 11.2. The molecule has 0 unspecified atom stereocenters. The van der Waals surface area contributed by atoms with Gasteiger partial charge in [-0.25, -0.2) is 4.79 Å². The molecule has 4 N–H and O–H groups in total. The number of benzene rings is 3. The lowest BCUT2D eigenvalue weighted by molar-refractivity contribution is -0.114. The highest BCUT2D eigenvalue weighted by Crippen LogP contribution is 2.33. The quantitative estimate of drug-likeness (QED) is 0.419. The average Bonchev–Trinajstić information content (AvgIpc) is 2.69. The summed E-state index contributed by atoms with van der Waals surface area (Å²) in [7, 11) is 0. The zero-order chi connectivity index (χ0) is 20.8. The van der Waals surface area contributed by atoms with Gasteiger partial charge in [-0.3, -0.25) is 4.79 Å². The van der Waals surface area contributed by atoms with Crippen molar-refractivity contribution in [2.75, 3.05) is 10.6 Å². The van der Waals surface area contributed by atoms with E-state index >= 15 is 0 Å². The van der Waals surface area contributed by atoms with Crippen LogP contribution in [0.3, 0.4) is 0 Å². The molecule has 0 aliphatic heterocycles. The molecule has 0 spiro atoms. The molecule has 7 heteroatoms. The second-order valence-corrected chi connectivity index (χ2v) is 7.39. The fraction of sp³-hybridized carbons (Fsp3) is 0.0909. The summed E-state index contributed by atoms with van der Waals surface area (Å²) >= 11 is 1.58. The van der Waals surface area contributed by atoms with E-state index in [9.17, 15) is 14.7 Å². The minimum absolute atomic E-state index is 0.114. The van der Waals surface area contributed by atoms with Crippen LogP contribution in [0.25, 0.3) is 0 Å². The first-order valence-electron chi connectivity index (χ1n) is 8.86. The maximum absolute atomic E-state index is 11.2. The molecule has 6 nitrogen and oxygen atoms in total. The summed E-state index contributed by atoms with van der Waals surface area (Å²) in [5.41, 5.74) is 1.97. The Morgan fingerprint density at radius 3 is 2.38 bits per heavy atom. The van der Waals surface area contributed by atoms with Gasteiger partial charge in [0, 0.05) is 28.9 Å². The van der Waals surface area contributed by atoms with Crippen LogP contribution in [0.4, 0.5) is 11.4 Å². The van der Waals surface area contributed by atoms with E-state index in [-0.39, 0.29) is 17.2 Å². The summed E-state index contributed by atoms with van der Waals surface area (Å²) in [5, 5.41) is 25.1. The highest BCUT2D eigenvalue weighted by molar-refractivity contribution is 7.99. The number of amides is 1. The molecule has 29 heavy (non-hydrogen) atoms. The number of para-hydroxylation sites is 1. The predicted octanol–water partition coefficient (Wildman–Crippen LogP) is 4.81. The Hall–Kier alpha value is -3.45. The topological polar surface area (TPSA) is 98.7 Å². The number of carboxylic acid groups (broad SMARTS) is 1. The number of rotatable bonds is 7. The van der Waals surface area contributed by atoms with Crippen LogP contribution in [0.1, 0.15) is 22.8 Å². The Balaban J connectivity index is 1.74. The van der Waals surface area contributed by atoms with Crippen molar-refractivity contribution in [3.05, 3.63) is 77.9 Å². The molecule has 0 aromatic heterocycles. The van der Waals surface area contributed by atoms with Gasteiger partial charge in [-0.15, -0.1) is 0 Å². The Morgan fingerprint density at radius 1 is 0.966 bits per heavy atom. The molecular weight excluding hydrogens is 388 g/mol. The van der Waals surface area contributed by atoms with Crippen LogP contribution in [0.5, 0.6) is 5.75 Å². The zero-order valence-electron chi connectivity index (χ0n) is 15.7. The van der Waals surface area contributed by atoms with Gasteiger partial charge in [0.2, 0.25) is 5.91 Å². The van der Waals surface area contributed by atoms with Crippen molar-refractivity contribution in [1.29, 1.82) is 0 Å². The van der Waals surface area contributed by atoms with Crippen molar-refractivity contribution in [1.82, 2.24) is 0 Å². The number of hydrogen-bond acceptors (Lipinski definition) is 5. The number of phenols is 1. The molecule has 0 heterocycles. The number of aromatic hydroxyl groups is 1. The van der Waals surface area contributed by atoms with Gasteiger partial charge in [0.05, 0.1) is 5.69 Å². The maximum Gasteiger partial charge on any atom is 0.339 e. The molecule has 0 aliphatic rings. The van der Waals surface area contributed by atoms with Gasteiger partial charge in [0.1, 0.15) is 5.56 Å². The number of carboxylic acids is 1. The minimum Gasteiger partial charge on any atom is -0.505 e. The summed E-state index contributed by atoms with van der Waals surface area (Å²) in [4.78, 5) is 24.4. The molecule has 3 aromatic carbocycles. The van der Waals surface area contributed by atoms with Crippen molar-refractivity contribution in [3.63, 3.8) is 0 Å². The van der Waals surface area contributed by atoms with Gasteiger partial charge in [-0.2, -0.15) is 0 Å². The normalized spacial score (nSPS) is 10.4. The third-order valence-corrected chi connectivity index (χ3v) is 5.24. The lowest BCUT2D eigenvalue weighted by Crippen LogP contribution is -2.05. The molecule has 3 rings (SSSR count). The van der Waals surface area contributed by atoms with E-state index in [0.29, 0.717) is 12.2 Å². The number of carbonyl (C=O) groups excluding carboxylic acids is 1. The molecule has 0 fully saturated rings. The molecule has 0 aliphatic carbocycles. The molecule has 1 amide bonds. The Morgan fingerprint density at radius 2 is 1.69 bits per heavy atom. The van der Waals surface area contributed by atoms with Gasteiger partial charge in [-0.1, -0.05) is 36.0 Å². The standard InChI is InChI=1S/C22H20N2O4S/c1-14(25)24-16-9-11-17(12-10-16)29-20-8-3-2-5-15(20)13-23-19-7-4-6-18(21(19)26)22(27)28/h2-12,23,26H,13H2,1H3,(H,24,25)(H,27,28). The monoisotopic (exact) mass is 408 g/mol. The number of hydrogen-bond donors (Lipinski definition) is 4. The number of aromatic carboxylic acids is 1. The third-order valence-electron chi connectivity index (χ3n) is 4.11. The van der Waals surface area contributed by atoms with Crippen LogP contribution >= 0.6 is 11.8 Å². The number of carbonyl (C=O) groups is 2. The smallest absolute Gasteiger partial charge is 0.339 e. The number of anilines is 2. The molecule has 0 bridgehead atoms. The molecule has 3 aromatic rings. The zero-order valence-corrected chi connectivity index (χ0v) is 16.5. The average molecular weight is 408 g/mol. The molecule has 0 radical (unpaired) electrons. The second-order valence-electron chi connectivity index (χ2n) is 6.28. The summed E-state index contributed by atoms with van der Waals surface area (Å²) in [5.74, 6) is -1.57. The first-order valence-corrected chi connectivity index (χ1v) is 9.68. The largest absolute Gasteiger partial charge is 0.505 e. The minimum atomic E-state index is -1.18. The summed E-state index contributed by atoms with van der Waals surface area (Å²) < 4.78 is 0. The Bertz CT molecular complexity index is 1040. The van der Waals surface area contributed by atoms with Crippen molar-refractivity contribution in [2.24, 2.45) is 0 Å². The lowest BCUT2D eigenvalue weighted by Gasteiger charge is -2.13. The molecule has 148 valence electrons. The van der Waals surface area contributed by atoms with Gasteiger partial charge in [-0.05, 0) is 48.0 Å². The van der Waals surface area contributed by atoms with E-state index in [0.717, 1.165) is 21.0 Å². The molecule has 0 atom stereocenters. The van der Waals surface area contributed by atoms with Crippen molar-refractivity contribution >= 4 is 35.0 Å². The van der Waals surface area contributed by atoms with Crippen molar-refractivity contribution in [2.45, 2.75) is 23.3 Å². The first-order chi connectivity index (χ1) is 13.9. The van der Waals surface area contributed by atoms with Crippen LogP contribution in [0.15, 0.2) is 76.5 Å². The molecule has 0 saturated heterocycles. The predicted molar refractivity (Wildman–Crippen MR) is 114 cm³/mol. The van der Waals surface area contributed by atoms with Crippen LogP contribution in [0.2, 0.25) is 0 Å². The summed E-state index contributed by atoms with van der Waals surface area (Å²) in [6, 6.07) is 20.0. The van der Waals surface area contributed by atoms with Gasteiger partial charge < -0.3 is 20.8 Å². The van der Waals surface area contributed by atoms with E-state index in [1.807, 2.05) is 48.5 Å². The SMILES string of the molecule is CC(=O)Nc1ccc(Sc2ccccc2CNc2cccc(C(=O)O)c2O)cc1. The highest BCUT2D eigenvalue weighted by atomic mass is 32.2. The van der Waals surface area contributed by atoms with Gasteiger partial charge in [0.15, 0.2) is 5.75 Å². The Labute approximate surface area is 172 Å². The van der Waals surface area contributed by atoms with E-state index < -0.39 is 5.97 Å². The molecule has 0 saturated carbocycles. The highest BCUT2D eigenvalue weighted by Gasteiger charge is 2.13. The van der Waals surface area contributed by atoms with Crippen LogP contribution in [-0.2, 0) is 11.3 Å². The van der Waals surface area contributed by atoms with Crippen molar-refractivity contribution in [3.8, 4) is 5.75 Å². The second kappa shape index (κ2) is 9.16. The van der Waals surface area contributed by atoms with E-state index in [1.54, 1.807) is 23.9 Å². The van der Waals surface area contributed by atoms with E-state index in [4.69, 9.17) is 5.11 Å². The van der Waals surface area contributed by atoms with E-state index in [1.165, 1.54) is 13.0 Å². The van der Waals surface area contributed by atoms with E-state index in [2.05, 4.69) is 10.6 Å². The fourth-order valence-electron chi connectivity index (χ4n) is 2.74. The van der Waals surface area contributed by atoms with Gasteiger partial charge in [0.25, 0.3) is 0 Å². The van der Waals surface area contributed by atoms with Crippen molar-refractivity contribution < 1.29 is 19.8 Å². The summed E-state index contributed by atoms with van der Waals surface area (Å²) in [6.45, 7) is 1.89. The third kappa shape index (κ3) is 5.30. The fourth-order valence-corrected chi connectivity index (χ4v) is 3.68. The summed E-state index contributed by atoms with van der Waals surface area (Å²) in [6.07, 6.45) is 0.